The van der Waals surface area contributed by atoms with Crippen molar-refractivity contribution in [2.45, 2.75) is 70.0 Å². The number of aliphatic hydroxyl groups is 1. The van der Waals surface area contributed by atoms with Crippen molar-refractivity contribution in [2.24, 2.45) is 0 Å². The highest BCUT2D eigenvalue weighted by atomic mass is 33.1. The minimum atomic E-state index is -0.734. The summed E-state index contributed by atoms with van der Waals surface area (Å²) in [6.07, 6.45) is 3.59. The highest BCUT2D eigenvalue weighted by Crippen LogP contribution is 2.36. The minimum Gasteiger partial charge on any atom is -0.460 e. The van der Waals surface area contributed by atoms with Gasteiger partial charge in [0.2, 0.25) is 5.91 Å². The van der Waals surface area contributed by atoms with Gasteiger partial charge >= 0.3 is 5.97 Å². The zero-order chi connectivity index (χ0) is 20.7. The SMILES string of the molecule is CCC(CO)OC(COC(=O)CCC(=O)NCCCC(C)(C)SSC)OC. The van der Waals surface area contributed by atoms with E-state index in [2.05, 4.69) is 25.4 Å². The number of rotatable bonds is 16. The van der Waals surface area contributed by atoms with Gasteiger partial charge in [0, 0.05) is 24.8 Å². The number of methoxy groups -OCH3 is 1. The number of hydrogen-bond donors (Lipinski definition) is 2. The molecule has 0 aliphatic heterocycles. The Labute approximate surface area is 171 Å². The third kappa shape index (κ3) is 14.2. The van der Waals surface area contributed by atoms with Gasteiger partial charge < -0.3 is 24.6 Å². The predicted molar refractivity (Wildman–Crippen MR) is 111 cm³/mol. The molecule has 0 aromatic rings. The summed E-state index contributed by atoms with van der Waals surface area (Å²) in [7, 11) is 5.02. The maximum atomic E-state index is 11.8. The van der Waals surface area contributed by atoms with Crippen molar-refractivity contribution in [1.82, 2.24) is 5.32 Å². The number of nitrogens with one attached hydrogen (secondary N) is 1. The van der Waals surface area contributed by atoms with Crippen LogP contribution in [0.4, 0.5) is 0 Å². The second kappa shape index (κ2) is 15.4. The molecule has 2 atom stereocenters. The molecule has 0 aliphatic rings. The summed E-state index contributed by atoms with van der Waals surface area (Å²) in [5.74, 6) is -0.640. The van der Waals surface area contributed by atoms with Crippen LogP contribution in [0.3, 0.4) is 0 Å². The van der Waals surface area contributed by atoms with Gasteiger partial charge in [-0.05, 0) is 39.4 Å². The van der Waals surface area contributed by atoms with Crippen LogP contribution in [-0.2, 0) is 23.8 Å². The zero-order valence-corrected chi connectivity index (χ0v) is 18.7. The first-order valence-corrected chi connectivity index (χ1v) is 11.8. The van der Waals surface area contributed by atoms with Crippen molar-refractivity contribution in [2.75, 3.05) is 33.1 Å². The Hall–Kier alpha value is -0.480. The highest BCUT2D eigenvalue weighted by Gasteiger charge is 2.18. The summed E-state index contributed by atoms with van der Waals surface area (Å²) in [5, 5.41) is 11.9. The van der Waals surface area contributed by atoms with Gasteiger partial charge in [0.05, 0.1) is 19.1 Å². The van der Waals surface area contributed by atoms with Gasteiger partial charge in [0.1, 0.15) is 6.61 Å². The number of hydrogen-bond acceptors (Lipinski definition) is 8. The topological polar surface area (TPSA) is 94.1 Å². The summed E-state index contributed by atoms with van der Waals surface area (Å²) < 4.78 is 15.8. The van der Waals surface area contributed by atoms with E-state index < -0.39 is 12.3 Å². The molecule has 1 amide bonds. The van der Waals surface area contributed by atoms with E-state index in [0.717, 1.165) is 12.8 Å². The first kappa shape index (κ1) is 26.5. The van der Waals surface area contributed by atoms with Crippen molar-refractivity contribution in [3.05, 3.63) is 0 Å². The third-order valence-corrected chi connectivity index (χ3v) is 6.46. The number of aliphatic hydroxyl groups excluding tert-OH is 1. The van der Waals surface area contributed by atoms with Crippen LogP contribution in [0, 0.1) is 0 Å². The fourth-order valence-electron chi connectivity index (χ4n) is 2.19. The summed E-state index contributed by atoms with van der Waals surface area (Å²) in [5.41, 5.74) is 0. The average molecular weight is 426 g/mol. The van der Waals surface area contributed by atoms with E-state index in [1.165, 1.54) is 7.11 Å². The van der Waals surface area contributed by atoms with Crippen molar-refractivity contribution < 1.29 is 28.9 Å². The molecule has 0 saturated heterocycles. The molecule has 2 unspecified atom stereocenters. The maximum Gasteiger partial charge on any atom is 0.306 e. The van der Waals surface area contributed by atoms with Crippen LogP contribution in [0.5, 0.6) is 0 Å². The molecule has 2 N–H and O–H groups in total. The van der Waals surface area contributed by atoms with Crippen LogP contribution >= 0.6 is 21.6 Å². The van der Waals surface area contributed by atoms with Crippen LogP contribution in [0.1, 0.15) is 52.9 Å². The van der Waals surface area contributed by atoms with E-state index in [-0.39, 0.29) is 42.8 Å². The lowest BCUT2D eigenvalue weighted by molar-refractivity contribution is -0.194. The molecule has 0 bridgehead atoms. The molecule has 160 valence electrons. The summed E-state index contributed by atoms with van der Waals surface area (Å²) >= 11 is 0. The predicted octanol–water partition coefficient (Wildman–Crippen LogP) is 2.76. The summed E-state index contributed by atoms with van der Waals surface area (Å²) in [4.78, 5) is 23.6. The first-order valence-electron chi connectivity index (χ1n) is 9.21. The van der Waals surface area contributed by atoms with Crippen LogP contribution in [-0.4, -0.2) is 67.2 Å². The second-order valence-electron chi connectivity index (χ2n) is 6.66. The molecule has 27 heavy (non-hydrogen) atoms. The van der Waals surface area contributed by atoms with Gasteiger partial charge in [-0.3, -0.25) is 9.59 Å². The van der Waals surface area contributed by atoms with Gasteiger partial charge in [-0.15, -0.1) is 0 Å². The Morgan fingerprint density at radius 1 is 1.26 bits per heavy atom. The summed E-state index contributed by atoms with van der Waals surface area (Å²) in [6, 6.07) is 0. The fourth-order valence-corrected chi connectivity index (χ4v) is 4.47. The normalized spacial score (nSPS) is 13.9. The first-order chi connectivity index (χ1) is 12.8. The highest BCUT2D eigenvalue weighted by molar-refractivity contribution is 8.76. The molecule has 0 rings (SSSR count). The number of esters is 1. The van der Waals surface area contributed by atoms with Crippen LogP contribution in [0.25, 0.3) is 0 Å². The van der Waals surface area contributed by atoms with Gasteiger partial charge in [-0.25, -0.2) is 0 Å². The van der Waals surface area contributed by atoms with Gasteiger partial charge in [0.25, 0.3) is 0 Å². The Kier molecular flexibility index (Phi) is 15.2. The monoisotopic (exact) mass is 425 g/mol. The lowest BCUT2D eigenvalue weighted by Crippen LogP contribution is -2.31. The molecular formula is C18H35NO6S2. The molecule has 9 heteroatoms. The molecule has 0 spiro atoms. The number of amides is 1. The van der Waals surface area contributed by atoms with E-state index in [0.29, 0.717) is 13.0 Å². The van der Waals surface area contributed by atoms with Crippen LogP contribution in [0.15, 0.2) is 0 Å². The largest absolute Gasteiger partial charge is 0.460 e. The van der Waals surface area contributed by atoms with E-state index in [1.54, 1.807) is 10.8 Å². The van der Waals surface area contributed by atoms with Crippen molar-refractivity contribution >= 4 is 33.5 Å². The Morgan fingerprint density at radius 3 is 2.52 bits per heavy atom. The minimum absolute atomic E-state index is 0.00724. The van der Waals surface area contributed by atoms with Crippen molar-refractivity contribution in [3.8, 4) is 0 Å². The van der Waals surface area contributed by atoms with E-state index in [9.17, 15) is 9.59 Å². The fraction of sp³-hybridized carbons (Fsp3) is 0.889. The van der Waals surface area contributed by atoms with Gasteiger partial charge in [-0.1, -0.05) is 28.5 Å². The second-order valence-corrected chi connectivity index (χ2v) is 9.77. The molecular weight excluding hydrogens is 390 g/mol. The number of ether oxygens (including phenoxy) is 3. The maximum absolute atomic E-state index is 11.8. The third-order valence-electron chi connectivity index (χ3n) is 3.79. The standard InChI is InChI=1S/C18H35NO6S2/c1-6-14(12-20)25-17(23-4)13-24-16(22)9-8-15(21)19-11-7-10-18(2,3)27-26-5/h14,17,20H,6-13H2,1-5H3,(H,19,21). The van der Waals surface area contributed by atoms with Crippen molar-refractivity contribution in [3.63, 3.8) is 0 Å². The van der Waals surface area contributed by atoms with E-state index >= 15 is 0 Å². The Balaban J connectivity index is 3.92. The molecule has 0 radical (unpaired) electrons. The smallest absolute Gasteiger partial charge is 0.306 e. The molecule has 0 aromatic heterocycles. The van der Waals surface area contributed by atoms with Gasteiger partial charge in [-0.2, -0.15) is 0 Å². The Morgan fingerprint density at radius 2 is 1.96 bits per heavy atom. The van der Waals surface area contributed by atoms with Crippen LogP contribution in [0.2, 0.25) is 0 Å². The molecule has 0 heterocycles. The summed E-state index contributed by atoms with van der Waals surface area (Å²) in [6.45, 7) is 6.65. The number of carbonyl (C=O) groups excluding carboxylic acids is 2. The van der Waals surface area contributed by atoms with Gasteiger partial charge in [0.15, 0.2) is 6.29 Å². The van der Waals surface area contributed by atoms with Crippen molar-refractivity contribution in [1.29, 1.82) is 0 Å². The quantitative estimate of drug-likeness (QED) is 0.169. The lowest BCUT2D eigenvalue weighted by atomic mass is 10.1. The van der Waals surface area contributed by atoms with E-state index in [1.807, 2.05) is 17.7 Å². The lowest BCUT2D eigenvalue weighted by Gasteiger charge is -2.22. The Bertz CT molecular complexity index is 419. The molecule has 0 aromatic carbocycles. The molecule has 0 aliphatic carbocycles. The average Bonchev–Trinajstić information content (AvgIpc) is 2.63. The van der Waals surface area contributed by atoms with Crippen LogP contribution < -0.4 is 5.32 Å². The molecule has 7 nitrogen and oxygen atoms in total. The molecule has 0 saturated carbocycles. The number of carbonyl (C=O) groups is 2. The van der Waals surface area contributed by atoms with E-state index in [4.69, 9.17) is 19.3 Å². The zero-order valence-electron chi connectivity index (χ0n) is 17.1. The molecule has 0 fully saturated rings.